The second kappa shape index (κ2) is 9.04. The molecule has 1 saturated heterocycles. The van der Waals surface area contributed by atoms with Gasteiger partial charge in [-0.05, 0) is 54.8 Å². The van der Waals surface area contributed by atoms with Gasteiger partial charge in [-0.25, -0.2) is 0 Å². The van der Waals surface area contributed by atoms with Gasteiger partial charge in [-0.2, -0.15) is 0 Å². The van der Waals surface area contributed by atoms with Crippen LogP contribution in [0.1, 0.15) is 55.0 Å². The molecule has 0 saturated carbocycles. The SMILES string of the molecule is COc1ccc(C2CCCCCN2C(=O)CCCc2cccs2)cc1. The number of likely N-dealkylation sites (tertiary alicyclic amines) is 1. The van der Waals surface area contributed by atoms with E-state index < -0.39 is 0 Å². The van der Waals surface area contributed by atoms with Crippen molar-refractivity contribution in [3.05, 3.63) is 52.2 Å². The number of nitrogens with zero attached hydrogens (tertiary/aromatic N) is 1. The zero-order valence-electron chi connectivity index (χ0n) is 14.9. The Morgan fingerprint density at radius 3 is 2.76 bits per heavy atom. The summed E-state index contributed by atoms with van der Waals surface area (Å²) in [6.45, 7) is 0.883. The van der Waals surface area contributed by atoms with Crippen LogP contribution in [-0.2, 0) is 11.2 Å². The van der Waals surface area contributed by atoms with Gasteiger partial charge in [0, 0.05) is 17.8 Å². The van der Waals surface area contributed by atoms with E-state index in [1.165, 1.54) is 23.3 Å². The maximum atomic E-state index is 12.9. The van der Waals surface area contributed by atoms with Gasteiger partial charge in [-0.1, -0.05) is 31.0 Å². The smallest absolute Gasteiger partial charge is 0.223 e. The first-order valence-corrected chi connectivity index (χ1v) is 10.1. The predicted molar refractivity (Wildman–Crippen MR) is 103 cm³/mol. The van der Waals surface area contributed by atoms with Crippen molar-refractivity contribution in [3.8, 4) is 5.75 Å². The van der Waals surface area contributed by atoms with E-state index in [-0.39, 0.29) is 6.04 Å². The molecule has 134 valence electrons. The Hall–Kier alpha value is -1.81. The van der Waals surface area contributed by atoms with Crippen LogP contribution in [-0.4, -0.2) is 24.5 Å². The van der Waals surface area contributed by atoms with Crippen molar-refractivity contribution in [2.75, 3.05) is 13.7 Å². The number of aryl methyl sites for hydroxylation is 1. The van der Waals surface area contributed by atoms with Crippen LogP contribution in [0.4, 0.5) is 0 Å². The van der Waals surface area contributed by atoms with Crippen LogP contribution >= 0.6 is 11.3 Å². The molecule has 1 aromatic carbocycles. The third-order valence-corrected chi connectivity index (χ3v) is 5.90. The molecule has 3 nitrogen and oxygen atoms in total. The van der Waals surface area contributed by atoms with E-state index >= 15 is 0 Å². The van der Waals surface area contributed by atoms with Crippen molar-refractivity contribution < 1.29 is 9.53 Å². The molecule has 1 atom stereocenters. The monoisotopic (exact) mass is 357 g/mol. The molecule has 4 heteroatoms. The molecule has 0 radical (unpaired) electrons. The number of carbonyl (C=O) groups is 1. The fourth-order valence-corrected chi connectivity index (χ4v) is 4.34. The normalized spacial score (nSPS) is 18.0. The Morgan fingerprint density at radius 2 is 2.04 bits per heavy atom. The molecule has 1 fully saturated rings. The lowest BCUT2D eigenvalue weighted by molar-refractivity contribution is -0.133. The number of hydrogen-bond acceptors (Lipinski definition) is 3. The highest BCUT2D eigenvalue weighted by atomic mass is 32.1. The van der Waals surface area contributed by atoms with E-state index in [1.54, 1.807) is 18.4 Å². The Labute approximate surface area is 154 Å². The van der Waals surface area contributed by atoms with Gasteiger partial charge in [0.2, 0.25) is 5.91 Å². The van der Waals surface area contributed by atoms with Crippen LogP contribution in [0.2, 0.25) is 0 Å². The number of methoxy groups -OCH3 is 1. The fraction of sp³-hybridized carbons (Fsp3) is 0.476. The zero-order valence-corrected chi connectivity index (χ0v) is 15.8. The molecule has 1 aliphatic rings. The number of ether oxygens (including phenoxy) is 1. The molecule has 2 aromatic rings. The third-order valence-electron chi connectivity index (χ3n) is 4.97. The van der Waals surface area contributed by atoms with E-state index in [9.17, 15) is 4.79 Å². The Bertz CT molecular complexity index is 651. The predicted octanol–water partition coefficient (Wildman–Crippen LogP) is 5.22. The average molecular weight is 358 g/mol. The first-order chi connectivity index (χ1) is 12.3. The number of thiophene rings is 1. The molecular formula is C21H27NO2S. The highest BCUT2D eigenvalue weighted by Gasteiger charge is 2.26. The standard InChI is InChI=1S/C21H27NO2S/c1-24-18-13-11-17(12-14-18)20-9-3-2-4-15-22(20)21(23)10-5-7-19-8-6-16-25-19/h6,8,11-14,16,20H,2-5,7,9-10,15H2,1H3. The first-order valence-electron chi connectivity index (χ1n) is 9.24. The van der Waals surface area contributed by atoms with Gasteiger partial charge in [0.05, 0.1) is 13.2 Å². The van der Waals surface area contributed by atoms with E-state index in [1.807, 2.05) is 12.1 Å². The van der Waals surface area contributed by atoms with Crippen LogP contribution in [0, 0.1) is 0 Å². The van der Waals surface area contributed by atoms with Crippen molar-refractivity contribution in [3.63, 3.8) is 0 Å². The molecule has 0 spiro atoms. The van der Waals surface area contributed by atoms with Crippen LogP contribution in [0.3, 0.4) is 0 Å². The van der Waals surface area contributed by atoms with Crippen molar-refractivity contribution in [1.82, 2.24) is 4.90 Å². The lowest BCUT2D eigenvalue weighted by Gasteiger charge is -2.31. The summed E-state index contributed by atoms with van der Waals surface area (Å²) in [5, 5.41) is 2.10. The number of benzene rings is 1. The highest BCUT2D eigenvalue weighted by Crippen LogP contribution is 2.32. The number of amides is 1. The lowest BCUT2D eigenvalue weighted by Crippen LogP contribution is -2.34. The summed E-state index contributed by atoms with van der Waals surface area (Å²) in [5.74, 6) is 1.17. The minimum Gasteiger partial charge on any atom is -0.497 e. The van der Waals surface area contributed by atoms with Gasteiger partial charge in [-0.3, -0.25) is 4.79 Å². The highest BCUT2D eigenvalue weighted by molar-refractivity contribution is 7.09. The molecule has 0 aliphatic carbocycles. The van der Waals surface area contributed by atoms with Crippen LogP contribution in [0.25, 0.3) is 0 Å². The van der Waals surface area contributed by atoms with E-state index in [0.29, 0.717) is 12.3 Å². The number of rotatable bonds is 6. The third kappa shape index (κ3) is 4.85. The molecule has 2 heterocycles. The number of hydrogen-bond donors (Lipinski definition) is 0. The molecule has 0 bridgehead atoms. The molecule has 1 aliphatic heterocycles. The summed E-state index contributed by atoms with van der Waals surface area (Å²) < 4.78 is 5.26. The van der Waals surface area contributed by atoms with Gasteiger partial charge in [0.25, 0.3) is 0 Å². The van der Waals surface area contributed by atoms with Gasteiger partial charge in [0.15, 0.2) is 0 Å². The summed E-state index contributed by atoms with van der Waals surface area (Å²) in [6, 6.07) is 12.7. The zero-order chi connectivity index (χ0) is 17.5. The van der Waals surface area contributed by atoms with Gasteiger partial charge in [0.1, 0.15) is 5.75 Å². The Balaban J connectivity index is 1.65. The maximum absolute atomic E-state index is 12.9. The largest absolute Gasteiger partial charge is 0.497 e. The lowest BCUT2D eigenvalue weighted by atomic mass is 10.00. The van der Waals surface area contributed by atoms with Crippen molar-refractivity contribution in [1.29, 1.82) is 0 Å². The molecule has 1 unspecified atom stereocenters. The molecule has 3 rings (SSSR count). The molecule has 1 amide bonds. The Morgan fingerprint density at radius 1 is 1.20 bits per heavy atom. The van der Waals surface area contributed by atoms with E-state index in [4.69, 9.17) is 4.74 Å². The average Bonchev–Trinajstić information content (AvgIpc) is 3.04. The summed E-state index contributed by atoms with van der Waals surface area (Å²) in [5.41, 5.74) is 1.23. The molecule has 25 heavy (non-hydrogen) atoms. The Kier molecular flexibility index (Phi) is 6.51. The van der Waals surface area contributed by atoms with Gasteiger partial charge >= 0.3 is 0 Å². The molecule has 1 aromatic heterocycles. The second-order valence-electron chi connectivity index (χ2n) is 6.66. The summed E-state index contributed by atoms with van der Waals surface area (Å²) in [6.07, 6.45) is 7.16. The summed E-state index contributed by atoms with van der Waals surface area (Å²) >= 11 is 1.78. The quantitative estimate of drug-likeness (QED) is 0.709. The van der Waals surface area contributed by atoms with E-state index in [0.717, 1.165) is 38.0 Å². The van der Waals surface area contributed by atoms with Crippen LogP contribution in [0.5, 0.6) is 5.75 Å². The van der Waals surface area contributed by atoms with E-state index in [2.05, 4.69) is 34.5 Å². The minimum absolute atomic E-state index is 0.211. The summed E-state index contributed by atoms with van der Waals surface area (Å²) in [4.78, 5) is 16.4. The van der Waals surface area contributed by atoms with Crippen LogP contribution in [0.15, 0.2) is 41.8 Å². The maximum Gasteiger partial charge on any atom is 0.223 e. The van der Waals surface area contributed by atoms with Gasteiger partial charge < -0.3 is 9.64 Å². The second-order valence-corrected chi connectivity index (χ2v) is 7.69. The van der Waals surface area contributed by atoms with Crippen LogP contribution < -0.4 is 4.74 Å². The fourth-order valence-electron chi connectivity index (χ4n) is 3.59. The minimum atomic E-state index is 0.211. The van der Waals surface area contributed by atoms with Crippen molar-refractivity contribution in [2.45, 2.75) is 51.0 Å². The van der Waals surface area contributed by atoms with Gasteiger partial charge in [-0.15, -0.1) is 11.3 Å². The van der Waals surface area contributed by atoms with Crippen molar-refractivity contribution >= 4 is 17.2 Å². The first kappa shape index (κ1) is 18.0. The summed E-state index contributed by atoms with van der Waals surface area (Å²) in [7, 11) is 1.68. The topological polar surface area (TPSA) is 29.5 Å². The number of carbonyl (C=O) groups excluding carboxylic acids is 1. The van der Waals surface area contributed by atoms with Crippen molar-refractivity contribution in [2.24, 2.45) is 0 Å². The molecule has 0 N–H and O–H groups in total. The molecular weight excluding hydrogens is 330 g/mol.